The second kappa shape index (κ2) is 10.5. The van der Waals surface area contributed by atoms with Gasteiger partial charge in [0.15, 0.2) is 0 Å². The number of allylic oxidation sites excluding steroid dienone is 1. The molecule has 1 aliphatic carbocycles. The summed E-state index contributed by atoms with van der Waals surface area (Å²) in [5.74, 6) is 0.825. The molecule has 0 bridgehead atoms. The van der Waals surface area contributed by atoms with Crippen LogP contribution in [0.4, 0.5) is 11.6 Å². The molecule has 0 amide bonds. The number of aromatic nitrogens is 3. The van der Waals surface area contributed by atoms with Crippen molar-refractivity contribution in [1.29, 1.82) is 0 Å². The molecule has 3 aromatic rings. The van der Waals surface area contributed by atoms with Gasteiger partial charge < -0.3 is 10.1 Å². The SMILES string of the molecule is CC1=C(C(=O)OC2CCCCC2)C(c2ccc([N+](=O)[O-])cc2)n2nc(SCc3ccccc3)nc2N1. The van der Waals surface area contributed by atoms with E-state index in [1.54, 1.807) is 16.8 Å². The number of esters is 1. The van der Waals surface area contributed by atoms with E-state index in [1.807, 2.05) is 37.3 Å². The molecule has 10 heteroatoms. The number of fused-ring (bicyclic) bond motifs is 1. The predicted molar refractivity (Wildman–Crippen MR) is 137 cm³/mol. The minimum absolute atomic E-state index is 0.0161. The number of nitro benzene ring substituents is 1. The maximum Gasteiger partial charge on any atom is 0.338 e. The Kier molecular flexibility index (Phi) is 7.04. The first-order valence-electron chi connectivity index (χ1n) is 12.1. The number of ether oxygens (including phenoxy) is 1. The zero-order chi connectivity index (χ0) is 25.1. The third kappa shape index (κ3) is 5.13. The molecule has 5 rings (SSSR count). The third-order valence-corrected chi connectivity index (χ3v) is 7.42. The number of hydrogen-bond acceptors (Lipinski definition) is 8. The van der Waals surface area contributed by atoms with Crippen molar-refractivity contribution in [2.45, 2.75) is 62.1 Å². The first-order valence-corrected chi connectivity index (χ1v) is 13.0. The molecule has 2 aromatic carbocycles. The number of rotatable bonds is 7. The summed E-state index contributed by atoms with van der Waals surface area (Å²) in [6, 6.07) is 15.7. The Morgan fingerprint density at radius 3 is 2.56 bits per heavy atom. The van der Waals surface area contributed by atoms with Crippen molar-refractivity contribution in [3.63, 3.8) is 0 Å². The molecule has 1 saturated carbocycles. The topological polar surface area (TPSA) is 112 Å². The molecule has 1 aromatic heterocycles. The second-order valence-electron chi connectivity index (χ2n) is 9.02. The minimum atomic E-state index is -0.614. The van der Waals surface area contributed by atoms with Gasteiger partial charge in [0.25, 0.3) is 5.69 Å². The van der Waals surface area contributed by atoms with E-state index in [1.165, 1.54) is 23.9 Å². The monoisotopic (exact) mass is 505 g/mol. The fraction of sp³-hybridized carbons (Fsp3) is 0.346. The molecule has 0 saturated heterocycles. The number of hydrogen-bond donors (Lipinski definition) is 1. The number of anilines is 1. The average molecular weight is 506 g/mol. The molecular weight excluding hydrogens is 478 g/mol. The molecule has 1 aliphatic heterocycles. The number of nitro groups is 1. The lowest BCUT2D eigenvalue weighted by Gasteiger charge is -2.30. The summed E-state index contributed by atoms with van der Waals surface area (Å²) in [5.41, 5.74) is 2.91. The van der Waals surface area contributed by atoms with Crippen LogP contribution in [0, 0.1) is 10.1 Å². The van der Waals surface area contributed by atoms with Crippen molar-refractivity contribution in [3.8, 4) is 0 Å². The van der Waals surface area contributed by atoms with Crippen molar-refractivity contribution >= 4 is 29.4 Å². The van der Waals surface area contributed by atoms with Crippen LogP contribution >= 0.6 is 11.8 Å². The van der Waals surface area contributed by atoms with Gasteiger partial charge in [0.05, 0.1) is 10.5 Å². The van der Waals surface area contributed by atoms with Crippen LogP contribution in [0.1, 0.15) is 56.2 Å². The maximum atomic E-state index is 13.5. The summed E-state index contributed by atoms with van der Waals surface area (Å²) >= 11 is 1.50. The molecule has 1 atom stereocenters. The summed E-state index contributed by atoms with van der Waals surface area (Å²) in [7, 11) is 0. The van der Waals surface area contributed by atoms with Crippen molar-refractivity contribution in [1.82, 2.24) is 14.8 Å². The van der Waals surface area contributed by atoms with E-state index in [0.717, 1.165) is 37.7 Å². The first-order chi connectivity index (χ1) is 17.5. The maximum absolute atomic E-state index is 13.5. The summed E-state index contributed by atoms with van der Waals surface area (Å²) in [6.07, 6.45) is 4.89. The molecule has 1 unspecified atom stereocenters. The number of nitrogens with one attached hydrogen (secondary N) is 1. The van der Waals surface area contributed by atoms with Crippen LogP contribution in [0.3, 0.4) is 0 Å². The molecule has 9 nitrogen and oxygen atoms in total. The van der Waals surface area contributed by atoms with Crippen LogP contribution in [-0.4, -0.2) is 31.8 Å². The Morgan fingerprint density at radius 1 is 1.14 bits per heavy atom. The largest absolute Gasteiger partial charge is 0.459 e. The molecular formula is C26H27N5O4S. The Bertz CT molecular complexity index is 1280. The fourth-order valence-corrected chi connectivity index (χ4v) is 5.45. The molecule has 2 heterocycles. The number of carbonyl (C=O) groups excluding carboxylic acids is 1. The van der Waals surface area contributed by atoms with Gasteiger partial charge in [-0.3, -0.25) is 10.1 Å². The average Bonchev–Trinajstić information content (AvgIpc) is 3.30. The molecule has 0 spiro atoms. The Morgan fingerprint density at radius 2 is 1.86 bits per heavy atom. The predicted octanol–water partition coefficient (Wildman–Crippen LogP) is 5.64. The minimum Gasteiger partial charge on any atom is -0.459 e. The number of benzene rings is 2. The van der Waals surface area contributed by atoms with Gasteiger partial charge in [-0.25, -0.2) is 9.48 Å². The van der Waals surface area contributed by atoms with Gasteiger partial charge in [-0.05, 0) is 55.9 Å². The standard InChI is InChI=1S/C26H27N5O4S/c1-17-22(24(32)35-21-10-6-3-7-11-21)23(19-12-14-20(15-13-19)31(33)34)30-25(27-17)28-26(29-30)36-16-18-8-4-2-5-9-18/h2,4-5,8-9,12-15,21,23H,3,6-7,10-11,16H2,1H3,(H,27,28,29). The highest BCUT2D eigenvalue weighted by molar-refractivity contribution is 7.98. The summed E-state index contributed by atoms with van der Waals surface area (Å²) in [5, 5.41) is 19.7. The van der Waals surface area contributed by atoms with Crippen LogP contribution in [0.2, 0.25) is 0 Å². The van der Waals surface area contributed by atoms with Crippen LogP contribution in [0.15, 0.2) is 71.0 Å². The van der Waals surface area contributed by atoms with Crippen LogP contribution in [0.5, 0.6) is 0 Å². The molecule has 1 N–H and O–H groups in total. The normalized spacial score (nSPS) is 17.9. The van der Waals surface area contributed by atoms with E-state index in [2.05, 4.69) is 10.3 Å². The zero-order valence-corrected chi connectivity index (χ0v) is 20.7. The number of nitrogens with zero attached hydrogens (tertiary/aromatic N) is 4. The lowest BCUT2D eigenvalue weighted by atomic mass is 9.94. The van der Waals surface area contributed by atoms with Crippen molar-refractivity contribution in [3.05, 3.63) is 87.1 Å². The van der Waals surface area contributed by atoms with Crippen molar-refractivity contribution < 1.29 is 14.5 Å². The summed E-state index contributed by atoms with van der Waals surface area (Å²) in [6.45, 7) is 1.82. The van der Waals surface area contributed by atoms with Gasteiger partial charge in [0.1, 0.15) is 12.1 Å². The highest BCUT2D eigenvalue weighted by atomic mass is 32.2. The van der Waals surface area contributed by atoms with Crippen LogP contribution in [-0.2, 0) is 15.3 Å². The van der Waals surface area contributed by atoms with E-state index in [-0.39, 0.29) is 11.8 Å². The zero-order valence-electron chi connectivity index (χ0n) is 19.9. The lowest BCUT2D eigenvalue weighted by molar-refractivity contribution is -0.384. The summed E-state index contributed by atoms with van der Waals surface area (Å²) < 4.78 is 7.61. The quantitative estimate of drug-likeness (QED) is 0.190. The van der Waals surface area contributed by atoms with Gasteiger partial charge in [-0.15, -0.1) is 5.10 Å². The Hall–Kier alpha value is -3.66. The van der Waals surface area contributed by atoms with Gasteiger partial charge in [0, 0.05) is 23.6 Å². The first kappa shape index (κ1) is 24.1. The third-order valence-electron chi connectivity index (χ3n) is 6.51. The van der Waals surface area contributed by atoms with Crippen LogP contribution in [0.25, 0.3) is 0 Å². The van der Waals surface area contributed by atoms with E-state index in [4.69, 9.17) is 9.84 Å². The second-order valence-corrected chi connectivity index (χ2v) is 9.96. The Balaban J connectivity index is 1.47. The Labute approximate surface area is 213 Å². The number of non-ortho nitro benzene ring substituents is 1. The number of thioether (sulfide) groups is 1. The molecule has 2 aliphatic rings. The van der Waals surface area contributed by atoms with Gasteiger partial charge in [-0.2, -0.15) is 4.98 Å². The van der Waals surface area contributed by atoms with Gasteiger partial charge >= 0.3 is 5.97 Å². The molecule has 36 heavy (non-hydrogen) atoms. The van der Waals surface area contributed by atoms with Gasteiger partial charge in [0.2, 0.25) is 11.1 Å². The molecule has 1 fully saturated rings. The fourth-order valence-electron chi connectivity index (χ4n) is 4.66. The highest BCUT2D eigenvalue weighted by Crippen LogP contribution is 2.38. The van der Waals surface area contributed by atoms with E-state index in [0.29, 0.717) is 33.7 Å². The van der Waals surface area contributed by atoms with E-state index in [9.17, 15) is 14.9 Å². The molecule has 0 radical (unpaired) electrons. The van der Waals surface area contributed by atoms with E-state index >= 15 is 0 Å². The van der Waals surface area contributed by atoms with Crippen molar-refractivity contribution in [2.75, 3.05) is 5.32 Å². The van der Waals surface area contributed by atoms with Gasteiger partial charge in [-0.1, -0.05) is 48.5 Å². The van der Waals surface area contributed by atoms with Crippen LogP contribution < -0.4 is 5.32 Å². The molecule has 186 valence electrons. The number of carbonyl (C=O) groups is 1. The smallest absolute Gasteiger partial charge is 0.338 e. The lowest BCUT2D eigenvalue weighted by Crippen LogP contribution is -2.32. The van der Waals surface area contributed by atoms with Crippen molar-refractivity contribution in [2.24, 2.45) is 0 Å². The van der Waals surface area contributed by atoms with E-state index < -0.39 is 16.9 Å². The summed E-state index contributed by atoms with van der Waals surface area (Å²) in [4.78, 5) is 28.9. The highest BCUT2D eigenvalue weighted by Gasteiger charge is 2.36.